The van der Waals surface area contributed by atoms with Gasteiger partial charge in [-0.1, -0.05) is 269 Å². The van der Waals surface area contributed by atoms with Gasteiger partial charge in [-0.25, -0.2) is 4.57 Å². The first-order valence-corrected chi connectivity index (χ1v) is 32.3. The highest BCUT2D eigenvalue weighted by atomic mass is 31.2. The Labute approximate surface area is 446 Å². The van der Waals surface area contributed by atoms with Crippen molar-refractivity contribution >= 4 is 19.7 Å². The molecule has 10 heteroatoms. The number of esters is 1. The molecule has 0 spiro atoms. The lowest BCUT2D eigenvalue weighted by Gasteiger charge is -2.27. The molecule has 0 rings (SSSR count). The highest BCUT2D eigenvalue weighted by Gasteiger charge is 2.30. The maximum absolute atomic E-state index is 13.5. The third-order valence-corrected chi connectivity index (χ3v) is 14.8. The van der Waals surface area contributed by atoms with E-state index in [0.717, 1.165) is 51.4 Å². The summed E-state index contributed by atoms with van der Waals surface area (Å²) in [6, 6.07) is -0.866. The molecule has 0 saturated carbocycles. The minimum absolute atomic E-state index is 0.0351. The maximum atomic E-state index is 13.5. The summed E-state index contributed by atoms with van der Waals surface area (Å²) in [7, 11) is 1.48. The lowest BCUT2D eigenvalue weighted by molar-refractivity contribution is -0.870. The molecule has 0 aliphatic rings. The molecule has 2 N–H and O–H groups in total. The maximum Gasteiger partial charge on any atom is 0.472 e. The van der Waals surface area contributed by atoms with E-state index in [1.165, 1.54) is 205 Å². The molecule has 0 aliphatic carbocycles. The van der Waals surface area contributed by atoms with Crippen LogP contribution in [0.1, 0.15) is 297 Å². The summed E-state index contributed by atoms with van der Waals surface area (Å²) in [5, 5.41) is 3.04. The number of carbonyl (C=O) groups is 2. The van der Waals surface area contributed by atoms with E-state index in [4.69, 9.17) is 13.8 Å². The van der Waals surface area contributed by atoms with Crippen LogP contribution in [0.2, 0.25) is 0 Å². The number of nitrogens with zero attached hydrogens (tertiary/aromatic N) is 1. The van der Waals surface area contributed by atoms with Crippen molar-refractivity contribution in [2.45, 2.75) is 309 Å². The quantitative estimate of drug-likeness (QED) is 0.0205. The second kappa shape index (κ2) is 52.7. The Bertz CT molecular complexity index is 1330. The van der Waals surface area contributed by atoms with Gasteiger partial charge in [-0.3, -0.25) is 18.6 Å². The van der Waals surface area contributed by atoms with Gasteiger partial charge < -0.3 is 19.4 Å². The van der Waals surface area contributed by atoms with Crippen LogP contribution in [0.3, 0.4) is 0 Å². The third kappa shape index (κ3) is 53.1. The largest absolute Gasteiger partial charge is 0.472 e. The van der Waals surface area contributed by atoms with Crippen LogP contribution >= 0.6 is 7.82 Å². The molecule has 424 valence electrons. The minimum atomic E-state index is -4.45. The Morgan fingerprint density at radius 3 is 1.28 bits per heavy atom. The zero-order valence-corrected chi connectivity index (χ0v) is 49.3. The van der Waals surface area contributed by atoms with Gasteiger partial charge in [-0.05, 0) is 51.0 Å². The van der Waals surface area contributed by atoms with Crippen LogP contribution < -0.4 is 5.32 Å². The molecule has 3 atom stereocenters. The van der Waals surface area contributed by atoms with Crippen molar-refractivity contribution in [2.24, 2.45) is 0 Å². The fourth-order valence-corrected chi connectivity index (χ4v) is 9.79. The molecule has 0 aromatic carbocycles. The lowest BCUT2D eigenvalue weighted by atomic mass is 10.0. The molecule has 0 aliphatic heterocycles. The molecule has 0 aromatic heterocycles. The number of likely N-dealkylation sites (N-methyl/N-ethyl adjacent to an activating group) is 1. The molecule has 0 saturated heterocycles. The number of phosphoric acid groups is 1. The number of quaternary nitrogens is 1. The molecule has 0 fully saturated rings. The summed E-state index contributed by atoms with van der Waals surface area (Å²) < 4.78 is 30.6. The average molecular weight is 1040 g/mol. The second-order valence-electron chi connectivity index (χ2n) is 22.2. The first-order valence-electron chi connectivity index (χ1n) is 30.8. The number of hydrogen-bond acceptors (Lipinski definition) is 6. The van der Waals surface area contributed by atoms with Gasteiger partial charge in [0.15, 0.2) is 0 Å². The van der Waals surface area contributed by atoms with Crippen molar-refractivity contribution < 1.29 is 37.3 Å². The first-order chi connectivity index (χ1) is 34.9. The summed E-state index contributed by atoms with van der Waals surface area (Å²) in [6.07, 6.45) is 63.0. The molecule has 0 bridgehead atoms. The van der Waals surface area contributed by atoms with E-state index in [-0.39, 0.29) is 31.5 Å². The van der Waals surface area contributed by atoms with Gasteiger partial charge in [-0.15, -0.1) is 0 Å². The minimum Gasteiger partial charge on any atom is -0.456 e. The van der Waals surface area contributed by atoms with E-state index < -0.39 is 20.0 Å². The van der Waals surface area contributed by atoms with Gasteiger partial charge in [0.2, 0.25) is 5.91 Å². The Balaban J connectivity index is 5.22. The average Bonchev–Trinajstić information content (AvgIpc) is 3.34. The van der Waals surface area contributed by atoms with Crippen LogP contribution in [0, 0.1) is 0 Å². The van der Waals surface area contributed by atoms with E-state index in [1.807, 2.05) is 39.4 Å². The number of nitrogens with one attached hydrogen (secondary N) is 1. The number of amides is 1. The molecule has 1 amide bonds. The molecule has 0 heterocycles. The van der Waals surface area contributed by atoms with Crippen LogP contribution in [0.15, 0.2) is 36.5 Å². The van der Waals surface area contributed by atoms with Gasteiger partial charge in [0.05, 0.1) is 33.8 Å². The predicted molar refractivity (Wildman–Crippen MR) is 309 cm³/mol. The fourth-order valence-electron chi connectivity index (χ4n) is 9.05. The van der Waals surface area contributed by atoms with Gasteiger partial charge >= 0.3 is 13.8 Å². The van der Waals surface area contributed by atoms with Crippen molar-refractivity contribution in [3.05, 3.63) is 36.5 Å². The summed E-state index contributed by atoms with van der Waals surface area (Å²) in [6.45, 7) is 7.00. The van der Waals surface area contributed by atoms with Crippen LogP contribution in [0.25, 0.3) is 0 Å². The third-order valence-electron chi connectivity index (χ3n) is 13.8. The van der Waals surface area contributed by atoms with Gasteiger partial charge in [-0.2, -0.15) is 0 Å². The van der Waals surface area contributed by atoms with Crippen molar-refractivity contribution in [2.75, 3.05) is 40.9 Å². The van der Waals surface area contributed by atoms with Gasteiger partial charge in [0.1, 0.15) is 19.3 Å². The van der Waals surface area contributed by atoms with Crippen LogP contribution in [0.5, 0.6) is 0 Å². The SMILES string of the molecule is CCCCCCCC/C=C\C/C=C/CCC(=O)OC(/C=C/CCCCCCCCCCCC)C(COP(=O)(O)OCC[N+](C)(C)C)NC(=O)CCCCCCCCCCCCCCCCCCCCCCC. The highest BCUT2D eigenvalue weighted by molar-refractivity contribution is 7.47. The number of phosphoric ester groups is 1. The lowest BCUT2D eigenvalue weighted by Crippen LogP contribution is -2.47. The molecule has 3 unspecified atom stereocenters. The predicted octanol–water partition coefficient (Wildman–Crippen LogP) is 18.7. The first kappa shape index (κ1) is 70.2. The summed E-state index contributed by atoms with van der Waals surface area (Å²) in [4.78, 5) is 37.6. The normalized spacial score (nSPS) is 13.9. The Hall–Kier alpha value is -1.77. The number of unbranched alkanes of at least 4 members (excludes halogenated alkanes) is 36. The molecule has 72 heavy (non-hydrogen) atoms. The monoisotopic (exact) mass is 1040 g/mol. The molecule has 9 nitrogen and oxygen atoms in total. The van der Waals surface area contributed by atoms with Crippen molar-refractivity contribution in [3.8, 4) is 0 Å². The van der Waals surface area contributed by atoms with Crippen LogP contribution in [-0.2, 0) is 27.9 Å². The number of carbonyl (C=O) groups excluding carboxylic acids is 2. The Morgan fingerprint density at radius 2 is 0.861 bits per heavy atom. The van der Waals surface area contributed by atoms with E-state index in [1.54, 1.807) is 0 Å². The molecule has 0 aromatic rings. The van der Waals surface area contributed by atoms with E-state index >= 15 is 0 Å². The van der Waals surface area contributed by atoms with Crippen LogP contribution in [-0.4, -0.2) is 74.3 Å². The van der Waals surface area contributed by atoms with E-state index in [0.29, 0.717) is 23.9 Å². The van der Waals surface area contributed by atoms with Gasteiger partial charge in [0, 0.05) is 12.8 Å². The molecular weight excluding hydrogens is 916 g/mol. The molecule has 0 radical (unpaired) electrons. The standard InChI is InChI=1S/C62H119N2O7P/c1-7-10-13-16-19-22-25-28-29-30-31-32-33-34-35-37-39-42-45-48-51-54-61(65)63-59(58-70-72(67,68)69-57-56-64(4,5)6)60(53-50-47-44-41-38-27-24-21-18-15-12-9-3)71-62(66)55-52-49-46-43-40-36-26-23-20-17-14-11-8-2/h36,40,46,49-50,53,59-60H,7-35,37-39,41-45,47-48,51-52,54-58H2,1-6H3,(H-,63,65,67,68)/p+1/b40-36-,49-46+,53-50+. The summed E-state index contributed by atoms with van der Waals surface area (Å²) in [5.74, 6) is -0.571. The zero-order valence-electron chi connectivity index (χ0n) is 48.4. The highest BCUT2D eigenvalue weighted by Crippen LogP contribution is 2.43. The zero-order chi connectivity index (χ0) is 52.9. The number of hydrogen-bond donors (Lipinski definition) is 2. The molecular formula is C62H120N2O7P+. The fraction of sp³-hybridized carbons (Fsp3) is 0.871. The van der Waals surface area contributed by atoms with E-state index in [2.05, 4.69) is 44.3 Å². The number of allylic oxidation sites excluding steroid dienone is 5. The smallest absolute Gasteiger partial charge is 0.456 e. The Kier molecular flexibility index (Phi) is 51.4. The van der Waals surface area contributed by atoms with Crippen LogP contribution in [0.4, 0.5) is 0 Å². The van der Waals surface area contributed by atoms with Gasteiger partial charge in [0.25, 0.3) is 0 Å². The number of rotatable bonds is 56. The van der Waals surface area contributed by atoms with Crippen molar-refractivity contribution in [1.82, 2.24) is 5.32 Å². The second-order valence-corrected chi connectivity index (χ2v) is 23.7. The number of ether oxygens (including phenoxy) is 1. The van der Waals surface area contributed by atoms with Crippen molar-refractivity contribution in [3.63, 3.8) is 0 Å². The van der Waals surface area contributed by atoms with Crippen molar-refractivity contribution in [1.29, 1.82) is 0 Å². The topological polar surface area (TPSA) is 111 Å². The van der Waals surface area contributed by atoms with E-state index in [9.17, 15) is 19.0 Å². The summed E-state index contributed by atoms with van der Waals surface area (Å²) >= 11 is 0. The Morgan fingerprint density at radius 1 is 0.486 bits per heavy atom. The summed E-state index contributed by atoms with van der Waals surface area (Å²) in [5.41, 5.74) is 0.